The number of aromatic nitrogens is 3. The second-order valence-electron chi connectivity index (χ2n) is 4.57. The van der Waals surface area contributed by atoms with Crippen molar-refractivity contribution in [3.05, 3.63) is 24.2 Å². The summed E-state index contributed by atoms with van der Waals surface area (Å²) in [5.41, 5.74) is 1.88. The Kier molecular flexibility index (Phi) is 3.28. The molecule has 2 heterocycles. The fourth-order valence-electron chi connectivity index (χ4n) is 1.75. The number of hydrogen-bond acceptors (Lipinski definition) is 4. The van der Waals surface area contributed by atoms with E-state index in [9.17, 15) is 5.11 Å². The lowest BCUT2D eigenvalue weighted by atomic mass is 10.1. The normalized spacial score (nSPS) is 13.2. The molecular formula is C12H18N4O. The largest absolute Gasteiger partial charge is 0.394 e. The van der Waals surface area contributed by atoms with Gasteiger partial charge in [-0.05, 0) is 18.9 Å². The Morgan fingerprint density at radius 2 is 2.24 bits per heavy atom. The number of rotatable bonds is 4. The van der Waals surface area contributed by atoms with Crippen LogP contribution in [-0.4, -0.2) is 32.4 Å². The van der Waals surface area contributed by atoms with Gasteiger partial charge in [-0.25, -0.2) is 9.50 Å². The van der Waals surface area contributed by atoms with Gasteiger partial charge in [-0.1, -0.05) is 13.8 Å². The third-order valence-corrected chi connectivity index (χ3v) is 2.84. The van der Waals surface area contributed by atoms with Gasteiger partial charge >= 0.3 is 0 Å². The Morgan fingerprint density at radius 3 is 2.88 bits per heavy atom. The molecule has 0 spiro atoms. The number of aliphatic hydroxyl groups is 1. The van der Waals surface area contributed by atoms with Crippen LogP contribution in [0, 0.1) is 12.8 Å². The number of fused-ring (bicyclic) bond motifs is 1. The number of anilines is 1. The molecule has 0 radical (unpaired) electrons. The third-order valence-electron chi connectivity index (χ3n) is 2.84. The zero-order valence-electron chi connectivity index (χ0n) is 10.4. The maximum absolute atomic E-state index is 9.32. The molecule has 2 rings (SSSR count). The van der Waals surface area contributed by atoms with E-state index < -0.39 is 0 Å². The second-order valence-corrected chi connectivity index (χ2v) is 4.57. The van der Waals surface area contributed by atoms with Crippen molar-refractivity contribution in [3.8, 4) is 0 Å². The molecule has 0 aromatic carbocycles. The number of aryl methyl sites for hydroxylation is 1. The minimum absolute atomic E-state index is 0.00362. The van der Waals surface area contributed by atoms with Crippen molar-refractivity contribution in [3.63, 3.8) is 0 Å². The van der Waals surface area contributed by atoms with E-state index in [1.54, 1.807) is 10.7 Å². The van der Waals surface area contributed by atoms with E-state index in [2.05, 4.69) is 29.2 Å². The van der Waals surface area contributed by atoms with Crippen molar-refractivity contribution in [2.45, 2.75) is 26.8 Å². The fraction of sp³-hybridized carbons (Fsp3) is 0.500. The minimum atomic E-state index is 0.00362. The van der Waals surface area contributed by atoms with Crippen LogP contribution in [0.2, 0.25) is 0 Å². The van der Waals surface area contributed by atoms with Crippen molar-refractivity contribution in [1.82, 2.24) is 14.6 Å². The predicted octanol–water partition coefficient (Wildman–Crippen LogP) is 1.47. The molecule has 0 saturated heterocycles. The van der Waals surface area contributed by atoms with Gasteiger partial charge in [0.2, 0.25) is 0 Å². The molecule has 0 aliphatic carbocycles. The summed E-state index contributed by atoms with van der Waals surface area (Å²) in [6, 6.07) is 1.98. The van der Waals surface area contributed by atoms with Gasteiger partial charge in [-0.3, -0.25) is 0 Å². The van der Waals surface area contributed by atoms with Gasteiger partial charge in [0.25, 0.3) is 0 Å². The van der Waals surface area contributed by atoms with E-state index in [4.69, 9.17) is 0 Å². The monoisotopic (exact) mass is 234 g/mol. The van der Waals surface area contributed by atoms with Gasteiger partial charge in [-0.15, -0.1) is 0 Å². The summed E-state index contributed by atoms with van der Waals surface area (Å²) in [7, 11) is 0. The van der Waals surface area contributed by atoms with Crippen LogP contribution in [0.25, 0.3) is 5.52 Å². The summed E-state index contributed by atoms with van der Waals surface area (Å²) in [4.78, 5) is 4.31. The van der Waals surface area contributed by atoms with E-state index in [1.807, 2.05) is 19.2 Å². The van der Waals surface area contributed by atoms with Crippen LogP contribution in [0.1, 0.15) is 19.5 Å². The van der Waals surface area contributed by atoms with Gasteiger partial charge in [-0.2, -0.15) is 5.10 Å². The standard InChI is InChI=1S/C12H18N4O/c1-8(2)10(7-17)14-12-11-6-9(3)15-16(11)5-4-13-12/h4-6,8,10,17H,7H2,1-3H3,(H,13,14)/t10-/m1/s1. The fourth-order valence-corrected chi connectivity index (χ4v) is 1.75. The highest BCUT2D eigenvalue weighted by Gasteiger charge is 2.14. The Balaban J connectivity index is 2.34. The summed E-state index contributed by atoms with van der Waals surface area (Å²) >= 11 is 0. The molecule has 1 atom stereocenters. The van der Waals surface area contributed by atoms with Crippen LogP contribution in [0.4, 0.5) is 5.82 Å². The number of nitrogens with zero attached hydrogens (tertiary/aromatic N) is 3. The lowest BCUT2D eigenvalue weighted by Gasteiger charge is -2.20. The predicted molar refractivity (Wildman–Crippen MR) is 67.1 cm³/mol. The molecule has 0 amide bonds. The smallest absolute Gasteiger partial charge is 0.152 e. The Labute approximate surface area is 100 Å². The molecular weight excluding hydrogens is 216 g/mol. The molecule has 2 N–H and O–H groups in total. The Morgan fingerprint density at radius 1 is 1.47 bits per heavy atom. The van der Waals surface area contributed by atoms with E-state index in [0.717, 1.165) is 17.0 Å². The van der Waals surface area contributed by atoms with Crippen LogP contribution < -0.4 is 5.32 Å². The average molecular weight is 234 g/mol. The van der Waals surface area contributed by atoms with E-state index in [-0.39, 0.29) is 12.6 Å². The molecule has 0 aliphatic rings. The SMILES string of the molecule is Cc1cc2c(N[C@H](CO)C(C)C)nccn2n1. The number of aliphatic hydroxyl groups excluding tert-OH is 1. The van der Waals surface area contributed by atoms with Crippen molar-refractivity contribution in [1.29, 1.82) is 0 Å². The van der Waals surface area contributed by atoms with Gasteiger partial charge in [0.1, 0.15) is 5.52 Å². The molecule has 0 aliphatic heterocycles. The summed E-state index contributed by atoms with van der Waals surface area (Å²) in [5, 5.41) is 16.9. The lowest BCUT2D eigenvalue weighted by molar-refractivity contribution is 0.249. The van der Waals surface area contributed by atoms with Gasteiger partial charge < -0.3 is 10.4 Å². The van der Waals surface area contributed by atoms with E-state index >= 15 is 0 Å². The molecule has 2 aromatic heterocycles. The zero-order chi connectivity index (χ0) is 12.4. The number of hydrogen-bond donors (Lipinski definition) is 2. The summed E-state index contributed by atoms with van der Waals surface area (Å²) in [6.07, 6.45) is 3.52. The summed E-state index contributed by atoms with van der Waals surface area (Å²) in [6.45, 7) is 6.17. The van der Waals surface area contributed by atoms with Gasteiger partial charge in [0.15, 0.2) is 5.82 Å². The minimum Gasteiger partial charge on any atom is -0.394 e. The topological polar surface area (TPSA) is 62.5 Å². The van der Waals surface area contributed by atoms with Crippen LogP contribution in [-0.2, 0) is 0 Å². The third kappa shape index (κ3) is 2.39. The van der Waals surface area contributed by atoms with Crippen LogP contribution in [0.5, 0.6) is 0 Å². The molecule has 5 nitrogen and oxygen atoms in total. The quantitative estimate of drug-likeness (QED) is 0.841. The Hall–Kier alpha value is -1.62. The van der Waals surface area contributed by atoms with Crippen molar-refractivity contribution in [2.75, 3.05) is 11.9 Å². The molecule has 0 saturated carbocycles. The summed E-state index contributed by atoms with van der Waals surface area (Å²) in [5.74, 6) is 1.10. The first kappa shape index (κ1) is 11.9. The first-order chi connectivity index (χ1) is 8.11. The average Bonchev–Trinajstić information content (AvgIpc) is 2.66. The first-order valence-electron chi connectivity index (χ1n) is 5.80. The molecule has 2 aromatic rings. The second kappa shape index (κ2) is 4.71. The van der Waals surface area contributed by atoms with E-state index in [1.165, 1.54) is 0 Å². The molecule has 0 fully saturated rings. The molecule has 17 heavy (non-hydrogen) atoms. The summed E-state index contributed by atoms with van der Waals surface area (Å²) < 4.78 is 1.79. The highest BCUT2D eigenvalue weighted by atomic mass is 16.3. The van der Waals surface area contributed by atoms with Crippen LogP contribution in [0.15, 0.2) is 18.5 Å². The van der Waals surface area contributed by atoms with Crippen LogP contribution >= 0.6 is 0 Å². The van der Waals surface area contributed by atoms with E-state index in [0.29, 0.717) is 5.92 Å². The van der Waals surface area contributed by atoms with Crippen LogP contribution in [0.3, 0.4) is 0 Å². The van der Waals surface area contributed by atoms with Gasteiger partial charge in [0.05, 0.1) is 18.3 Å². The lowest BCUT2D eigenvalue weighted by Crippen LogP contribution is -2.30. The van der Waals surface area contributed by atoms with Crippen molar-refractivity contribution in [2.24, 2.45) is 5.92 Å². The zero-order valence-corrected chi connectivity index (χ0v) is 10.4. The molecule has 0 unspecified atom stereocenters. The highest BCUT2D eigenvalue weighted by molar-refractivity contribution is 5.68. The molecule has 0 bridgehead atoms. The first-order valence-corrected chi connectivity index (χ1v) is 5.80. The molecule has 5 heteroatoms. The number of nitrogens with one attached hydrogen (secondary N) is 1. The van der Waals surface area contributed by atoms with Crippen molar-refractivity contribution >= 4 is 11.3 Å². The molecule has 92 valence electrons. The maximum Gasteiger partial charge on any atom is 0.152 e. The van der Waals surface area contributed by atoms with Crippen molar-refractivity contribution < 1.29 is 5.11 Å². The Bertz CT molecular complexity index is 506. The highest BCUT2D eigenvalue weighted by Crippen LogP contribution is 2.17. The van der Waals surface area contributed by atoms with Gasteiger partial charge in [0, 0.05) is 12.4 Å². The maximum atomic E-state index is 9.32.